The molecule has 0 bridgehead atoms. The summed E-state index contributed by atoms with van der Waals surface area (Å²) in [5.41, 5.74) is -0.158. The number of nitrogens with one attached hydrogen (secondary N) is 1. The normalized spacial score (nSPS) is 33.7. The highest BCUT2D eigenvalue weighted by atomic mass is 16.5. The van der Waals surface area contributed by atoms with Gasteiger partial charge in [0.15, 0.2) is 0 Å². The summed E-state index contributed by atoms with van der Waals surface area (Å²) in [6.45, 7) is 19.4. The van der Waals surface area contributed by atoms with Crippen LogP contribution in [0.1, 0.15) is 41.5 Å². The molecule has 0 aromatic rings. The average Bonchev–Trinajstić information content (AvgIpc) is 2.54. The van der Waals surface area contributed by atoms with Gasteiger partial charge in [-0.3, -0.25) is 4.90 Å². The molecule has 2 rings (SSSR count). The maximum absolute atomic E-state index is 6.35. The second kappa shape index (κ2) is 6.15. The van der Waals surface area contributed by atoms with Crippen molar-refractivity contribution in [2.24, 2.45) is 5.92 Å². The Bertz CT molecular complexity index is 346. The fourth-order valence-corrected chi connectivity index (χ4v) is 4.32. The molecule has 0 amide bonds. The second-order valence-electron chi connectivity index (χ2n) is 8.11. The molecule has 4 nitrogen and oxygen atoms in total. The number of hydrogen-bond donors (Lipinski definition) is 1. The van der Waals surface area contributed by atoms with E-state index in [0.29, 0.717) is 18.0 Å². The van der Waals surface area contributed by atoms with Gasteiger partial charge in [0.25, 0.3) is 0 Å². The van der Waals surface area contributed by atoms with Crippen molar-refractivity contribution in [1.82, 2.24) is 15.1 Å². The molecule has 2 unspecified atom stereocenters. The third-order valence-electron chi connectivity index (χ3n) is 5.47. The number of likely N-dealkylation sites (N-methyl/N-ethyl adjacent to an activating group) is 1. The van der Waals surface area contributed by atoms with E-state index in [0.717, 1.165) is 6.54 Å². The number of piperazine rings is 1. The van der Waals surface area contributed by atoms with E-state index in [9.17, 15) is 0 Å². The molecule has 2 atom stereocenters. The molecule has 1 N–H and O–H groups in total. The van der Waals surface area contributed by atoms with Crippen molar-refractivity contribution in [1.29, 1.82) is 0 Å². The van der Waals surface area contributed by atoms with Crippen LogP contribution in [0.5, 0.6) is 0 Å². The van der Waals surface area contributed by atoms with Crippen molar-refractivity contribution in [3.05, 3.63) is 0 Å². The largest absolute Gasteiger partial charge is 0.368 e. The Morgan fingerprint density at radius 2 is 1.62 bits per heavy atom. The fourth-order valence-electron chi connectivity index (χ4n) is 4.32. The molecule has 2 saturated heterocycles. The van der Waals surface area contributed by atoms with Gasteiger partial charge in [-0.1, -0.05) is 0 Å². The first-order chi connectivity index (χ1) is 9.67. The summed E-state index contributed by atoms with van der Waals surface area (Å²) in [6.07, 6.45) is 0. The zero-order chi connectivity index (χ0) is 15.8. The summed E-state index contributed by atoms with van der Waals surface area (Å²) >= 11 is 0. The monoisotopic (exact) mass is 297 g/mol. The van der Waals surface area contributed by atoms with Gasteiger partial charge in [0.1, 0.15) is 0 Å². The summed E-state index contributed by atoms with van der Waals surface area (Å²) in [4.78, 5) is 5.20. The van der Waals surface area contributed by atoms with Crippen molar-refractivity contribution >= 4 is 0 Å². The minimum atomic E-state index is -0.0946. The first kappa shape index (κ1) is 17.2. The second-order valence-corrected chi connectivity index (χ2v) is 8.11. The SMILES string of the molecule is CNC1C(CN2CCN(C(C)C)CC2)C(C)(C)OC1(C)C. The lowest BCUT2D eigenvalue weighted by molar-refractivity contribution is -0.0801. The summed E-state index contributed by atoms with van der Waals surface area (Å²) in [7, 11) is 2.07. The van der Waals surface area contributed by atoms with Crippen LogP contribution in [0.25, 0.3) is 0 Å². The van der Waals surface area contributed by atoms with Crippen molar-refractivity contribution < 1.29 is 4.74 Å². The highest BCUT2D eigenvalue weighted by molar-refractivity contribution is 5.06. The third-order valence-corrected chi connectivity index (χ3v) is 5.47. The van der Waals surface area contributed by atoms with E-state index < -0.39 is 0 Å². The van der Waals surface area contributed by atoms with Crippen LogP contribution in [-0.2, 0) is 4.74 Å². The predicted molar refractivity (Wildman–Crippen MR) is 88.7 cm³/mol. The van der Waals surface area contributed by atoms with Crippen LogP contribution in [0, 0.1) is 5.92 Å². The molecule has 2 aliphatic rings. The van der Waals surface area contributed by atoms with Crippen LogP contribution in [0.3, 0.4) is 0 Å². The van der Waals surface area contributed by atoms with Crippen molar-refractivity contribution in [2.45, 2.75) is 64.8 Å². The first-order valence-electron chi connectivity index (χ1n) is 8.51. The molecular weight excluding hydrogens is 262 g/mol. The maximum Gasteiger partial charge on any atom is 0.0790 e. The Labute approximate surface area is 131 Å². The Hall–Kier alpha value is -0.160. The zero-order valence-electron chi connectivity index (χ0n) is 15.1. The lowest BCUT2D eigenvalue weighted by atomic mass is 9.82. The highest BCUT2D eigenvalue weighted by Gasteiger charge is 2.53. The van der Waals surface area contributed by atoms with Crippen LogP contribution >= 0.6 is 0 Å². The highest BCUT2D eigenvalue weighted by Crippen LogP contribution is 2.42. The standard InChI is InChI=1S/C17H35N3O/c1-13(2)20-10-8-19(9-11-20)12-14-15(18-7)17(5,6)21-16(14,3)4/h13-15,18H,8-12H2,1-7H3. The topological polar surface area (TPSA) is 27.7 Å². The summed E-state index contributed by atoms with van der Waals surface area (Å²) in [5.74, 6) is 0.531. The lowest BCUT2D eigenvalue weighted by Gasteiger charge is -2.40. The molecular formula is C17H35N3O. The summed E-state index contributed by atoms with van der Waals surface area (Å²) < 4.78 is 6.35. The quantitative estimate of drug-likeness (QED) is 0.856. The average molecular weight is 297 g/mol. The van der Waals surface area contributed by atoms with Gasteiger partial charge in [-0.15, -0.1) is 0 Å². The van der Waals surface area contributed by atoms with Gasteiger partial charge >= 0.3 is 0 Å². The lowest BCUT2D eigenvalue weighted by Crippen LogP contribution is -2.54. The van der Waals surface area contributed by atoms with Crippen molar-refractivity contribution in [3.63, 3.8) is 0 Å². The van der Waals surface area contributed by atoms with E-state index in [-0.39, 0.29) is 11.2 Å². The minimum Gasteiger partial charge on any atom is -0.368 e. The fraction of sp³-hybridized carbons (Fsp3) is 1.00. The van der Waals surface area contributed by atoms with Gasteiger partial charge in [0.2, 0.25) is 0 Å². The number of ether oxygens (including phenoxy) is 1. The van der Waals surface area contributed by atoms with Crippen LogP contribution in [0.2, 0.25) is 0 Å². The predicted octanol–water partition coefficient (Wildman–Crippen LogP) is 1.80. The number of hydrogen-bond acceptors (Lipinski definition) is 4. The van der Waals surface area contributed by atoms with Crippen molar-refractivity contribution in [2.75, 3.05) is 39.8 Å². The molecule has 0 aliphatic carbocycles. The van der Waals surface area contributed by atoms with Gasteiger partial charge in [-0.05, 0) is 48.6 Å². The number of rotatable bonds is 4. The molecule has 0 spiro atoms. The molecule has 2 aliphatic heterocycles. The molecule has 0 aromatic heterocycles. The zero-order valence-corrected chi connectivity index (χ0v) is 15.1. The van der Waals surface area contributed by atoms with Gasteiger partial charge in [-0.25, -0.2) is 0 Å². The minimum absolute atomic E-state index is 0.0631. The molecule has 21 heavy (non-hydrogen) atoms. The Balaban J connectivity index is 1.98. The first-order valence-corrected chi connectivity index (χ1v) is 8.51. The van der Waals surface area contributed by atoms with E-state index in [1.165, 1.54) is 26.2 Å². The molecule has 0 radical (unpaired) electrons. The smallest absolute Gasteiger partial charge is 0.0790 e. The molecule has 0 aromatic carbocycles. The Morgan fingerprint density at radius 3 is 2.10 bits per heavy atom. The molecule has 2 fully saturated rings. The Kier molecular flexibility index (Phi) is 5.04. The van der Waals surface area contributed by atoms with Gasteiger partial charge < -0.3 is 15.0 Å². The van der Waals surface area contributed by atoms with Crippen LogP contribution in [-0.4, -0.2) is 72.9 Å². The molecule has 124 valence electrons. The van der Waals surface area contributed by atoms with Crippen molar-refractivity contribution in [3.8, 4) is 0 Å². The van der Waals surface area contributed by atoms with E-state index >= 15 is 0 Å². The van der Waals surface area contributed by atoms with Gasteiger partial charge in [-0.2, -0.15) is 0 Å². The van der Waals surface area contributed by atoms with E-state index in [1.807, 2.05) is 0 Å². The molecule has 0 saturated carbocycles. The van der Waals surface area contributed by atoms with E-state index in [1.54, 1.807) is 0 Å². The van der Waals surface area contributed by atoms with Crippen LogP contribution in [0.15, 0.2) is 0 Å². The third kappa shape index (κ3) is 3.61. The van der Waals surface area contributed by atoms with E-state index in [4.69, 9.17) is 4.74 Å². The molecule has 2 heterocycles. The Morgan fingerprint density at radius 1 is 1.05 bits per heavy atom. The molecule has 4 heteroatoms. The van der Waals surface area contributed by atoms with Crippen LogP contribution < -0.4 is 5.32 Å². The summed E-state index contributed by atoms with van der Waals surface area (Å²) in [5, 5.41) is 3.51. The van der Waals surface area contributed by atoms with Crippen LogP contribution in [0.4, 0.5) is 0 Å². The van der Waals surface area contributed by atoms with Gasteiger partial charge in [0, 0.05) is 50.7 Å². The summed E-state index contributed by atoms with van der Waals surface area (Å²) in [6, 6.07) is 1.08. The number of nitrogens with zero attached hydrogens (tertiary/aromatic N) is 2. The van der Waals surface area contributed by atoms with Gasteiger partial charge in [0.05, 0.1) is 11.2 Å². The maximum atomic E-state index is 6.35. The van der Waals surface area contributed by atoms with E-state index in [2.05, 4.69) is 63.7 Å².